The van der Waals surface area contributed by atoms with Crippen LogP contribution in [0.2, 0.25) is 0 Å². The second kappa shape index (κ2) is 5.83. The number of hydrogen-bond donors (Lipinski definition) is 0. The minimum Gasteiger partial charge on any atom is -0.302 e. The van der Waals surface area contributed by atoms with Gasteiger partial charge in [-0.05, 0) is 30.5 Å². The van der Waals surface area contributed by atoms with Crippen LogP contribution in [0.15, 0.2) is 48.6 Å². The van der Waals surface area contributed by atoms with Crippen molar-refractivity contribution in [2.75, 3.05) is 13.6 Å². The van der Waals surface area contributed by atoms with Gasteiger partial charge in [0, 0.05) is 13.1 Å². The van der Waals surface area contributed by atoms with Crippen LogP contribution < -0.4 is 0 Å². The average molecular weight is 227 g/mol. The normalized spacial score (nSPS) is 25.6. The van der Waals surface area contributed by atoms with E-state index in [1.165, 1.54) is 11.1 Å². The summed E-state index contributed by atoms with van der Waals surface area (Å²) in [6.45, 7) is 4.43. The molecule has 1 nitrogen and oxygen atoms in total. The quantitative estimate of drug-likeness (QED) is 0.652. The zero-order valence-corrected chi connectivity index (χ0v) is 10.8. The molecule has 0 aromatic heterocycles. The summed E-state index contributed by atoms with van der Waals surface area (Å²) in [6.07, 6.45) is 9.98. The predicted octanol–water partition coefficient (Wildman–Crippen LogP) is 3.74. The van der Waals surface area contributed by atoms with E-state index in [0.29, 0.717) is 5.92 Å². The van der Waals surface area contributed by atoms with Crippen molar-refractivity contribution in [3.05, 3.63) is 59.7 Å². The van der Waals surface area contributed by atoms with Gasteiger partial charge in [0.05, 0.1) is 0 Å². The highest BCUT2D eigenvalue weighted by atomic mass is 15.1. The van der Waals surface area contributed by atoms with E-state index in [1.54, 1.807) is 0 Å². The van der Waals surface area contributed by atoms with E-state index in [4.69, 9.17) is 0 Å². The molecule has 2 rings (SSSR count). The molecule has 0 aliphatic carbocycles. The predicted molar refractivity (Wildman–Crippen MR) is 74.1 cm³/mol. The van der Waals surface area contributed by atoms with E-state index in [9.17, 15) is 0 Å². The van der Waals surface area contributed by atoms with Gasteiger partial charge in [-0.25, -0.2) is 0 Å². The van der Waals surface area contributed by atoms with Gasteiger partial charge < -0.3 is 4.90 Å². The van der Waals surface area contributed by atoms with Crippen molar-refractivity contribution in [2.24, 2.45) is 0 Å². The van der Waals surface area contributed by atoms with Gasteiger partial charge in [-0.2, -0.15) is 0 Å². The Hall–Kier alpha value is -1.34. The first kappa shape index (κ1) is 12.1. The molecule has 0 saturated carbocycles. The van der Waals surface area contributed by atoms with Crippen molar-refractivity contribution in [1.29, 1.82) is 0 Å². The largest absolute Gasteiger partial charge is 0.302 e. The van der Waals surface area contributed by atoms with E-state index >= 15 is 0 Å². The lowest BCUT2D eigenvalue weighted by molar-refractivity contribution is 0.332. The molecule has 90 valence electrons. The first-order valence-corrected chi connectivity index (χ1v) is 6.37. The van der Waals surface area contributed by atoms with Gasteiger partial charge in [0.2, 0.25) is 0 Å². The van der Waals surface area contributed by atoms with Crippen LogP contribution in [-0.2, 0) is 6.54 Å². The summed E-state index contributed by atoms with van der Waals surface area (Å²) in [5.74, 6) is 0.488. The van der Waals surface area contributed by atoms with Crippen molar-refractivity contribution >= 4 is 0 Å². The topological polar surface area (TPSA) is 3.24 Å². The minimum atomic E-state index is 0.488. The van der Waals surface area contributed by atoms with Crippen LogP contribution in [0.3, 0.4) is 0 Å². The Kier molecular flexibility index (Phi) is 4.16. The second-order valence-electron chi connectivity index (χ2n) is 4.83. The molecule has 17 heavy (non-hydrogen) atoms. The molecular weight excluding hydrogens is 206 g/mol. The molecule has 0 saturated heterocycles. The van der Waals surface area contributed by atoms with Crippen molar-refractivity contribution in [3.63, 3.8) is 0 Å². The number of allylic oxidation sites excluding steroid dienone is 3. The Morgan fingerprint density at radius 3 is 2.88 bits per heavy atom. The lowest BCUT2D eigenvalue weighted by atomic mass is 9.95. The van der Waals surface area contributed by atoms with Crippen LogP contribution in [0.4, 0.5) is 0 Å². The molecule has 1 unspecified atom stereocenters. The van der Waals surface area contributed by atoms with Gasteiger partial charge in [0.15, 0.2) is 0 Å². The van der Waals surface area contributed by atoms with Crippen LogP contribution in [0, 0.1) is 0 Å². The average Bonchev–Trinajstić information content (AvgIpc) is 2.36. The maximum Gasteiger partial charge on any atom is 0.0233 e. The highest BCUT2D eigenvalue weighted by Crippen LogP contribution is 2.22. The van der Waals surface area contributed by atoms with Crippen LogP contribution in [-0.4, -0.2) is 18.5 Å². The number of fused-ring (bicyclic) bond motifs is 1. The first-order valence-electron chi connectivity index (χ1n) is 6.37. The molecule has 0 fully saturated rings. The van der Waals surface area contributed by atoms with Crippen LogP contribution in [0.1, 0.15) is 30.4 Å². The van der Waals surface area contributed by atoms with Gasteiger partial charge >= 0.3 is 0 Å². The van der Waals surface area contributed by atoms with Gasteiger partial charge in [0.25, 0.3) is 0 Å². The maximum absolute atomic E-state index is 2.39. The fourth-order valence-electron chi connectivity index (χ4n) is 2.30. The van der Waals surface area contributed by atoms with E-state index in [1.807, 2.05) is 0 Å². The van der Waals surface area contributed by atoms with Crippen molar-refractivity contribution in [2.45, 2.75) is 25.8 Å². The van der Waals surface area contributed by atoms with E-state index in [-0.39, 0.29) is 0 Å². The SMILES string of the molecule is CC1/C=C\C=C/CCN(C)Cc2ccccc21. The number of benzene rings is 1. The zero-order valence-electron chi connectivity index (χ0n) is 10.8. The molecule has 1 aliphatic heterocycles. The Balaban J connectivity index is 2.32. The summed E-state index contributed by atoms with van der Waals surface area (Å²) in [7, 11) is 2.20. The van der Waals surface area contributed by atoms with Crippen molar-refractivity contribution < 1.29 is 0 Å². The molecule has 0 N–H and O–H groups in total. The third kappa shape index (κ3) is 3.31. The third-order valence-corrected chi connectivity index (χ3v) is 3.31. The second-order valence-corrected chi connectivity index (χ2v) is 4.83. The van der Waals surface area contributed by atoms with Crippen LogP contribution >= 0.6 is 0 Å². The first-order chi connectivity index (χ1) is 8.27. The maximum atomic E-state index is 2.39. The molecular formula is C16H21N. The van der Waals surface area contributed by atoms with Crippen LogP contribution in [0.5, 0.6) is 0 Å². The Morgan fingerprint density at radius 1 is 1.18 bits per heavy atom. The fraction of sp³-hybridized carbons (Fsp3) is 0.375. The molecule has 0 spiro atoms. The van der Waals surface area contributed by atoms with Gasteiger partial charge in [0.1, 0.15) is 0 Å². The minimum absolute atomic E-state index is 0.488. The summed E-state index contributed by atoms with van der Waals surface area (Å²) in [5.41, 5.74) is 2.90. The lowest BCUT2D eigenvalue weighted by Crippen LogP contribution is -2.19. The molecule has 0 amide bonds. The Morgan fingerprint density at radius 2 is 2.00 bits per heavy atom. The summed E-state index contributed by atoms with van der Waals surface area (Å²) >= 11 is 0. The molecule has 1 aromatic carbocycles. The molecule has 0 bridgehead atoms. The summed E-state index contributed by atoms with van der Waals surface area (Å²) in [4.78, 5) is 2.39. The van der Waals surface area contributed by atoms with E-state index < -0.39 is 0 Å². The Bertz CT molecular complexity index is 417. The highest BCUT2D eigenvalue weighted by Gasteiger charge is 2.09. The van der Waals surface area contributed by atoms with Gasteiger partial charge in [-0.3, -0.25) is 0 Å². The standard InChI is InChI=1S/C16H21N/c1-14-9-5-3-4-8-12-17(2)13-15-10-6-7-11-16(14)15/h3-7,9-11,14H,8,12-13H2,1-2H3/b4-3-,9-5-. The van der Waals surface area contributed by atoms with Crippen LogP contribution in [0.25, 0.3) is 0 Å². The van der Waals surface area contributed by atoms with Gasteiger partial charge in [-0.1, -0.05) is 55.5 Å². The van der Waals surface area contributed by atoms with Crippen molar-refractivity contribution in [3.8, 4) is 0 Å². The number of rotatable bonds is 0. The van der Waals surface area contributed by atoms with Crippen molar-refractivity contribution in [1.82, 2.24) is 4.90 Å². The molecule has 1 heterocycles. The van der Waals surface area contributed by atoms with E-state index in [2.05, 4.69) is 67.4 Å². The number of nitrogens with zero attached hydrogens (tertiary/aromatic N) is 1. The van der Waals surface area contributed by atoms with Gasteiger partial charge in [-0.15, -0.1) is 0 Å². The zero-order chi connectivity index (χ0) is 12.1. The third-order valence-electron chi connectivity index (χ3n) is 3.31. The smallest absolute Gasteiger partial charge is 0.0233 e. The lowest BCUT2D eigenvalue weighted by Gasteiger charge is -2.19. The summed E-state index contributed by atoms with van der Waals surface area (Å²) in [6, 6.07) is 8.78. The molecule has 1 aliphatic rings. The monoisotopic (exact) mass is 227 g/mol. The fourth-order valence-corrected chi connectivity index (χ4v) is 2.30. The summed E-state index contributed by atoms with van der Waals surface area (Å²) in [5, 5.41) is 0. The molecule has 1 atom stereocenters. The van der Waals surface area contributed by atoms with E-state index in [0.717, 1.165) is 19.5 Å². The highest BCUT2D eigenvalue weighted by molar-refractivity contribution is 5.33. The number of hydrogen-bond acceptors (Lipinski definition) is 1. The molecule has 0 radical (unpaired) electrons. The Labute approximate surface area is 104 Å². The molecule has 1 heteroatoms. The summed E-state index contributed by atoms with van der Waals surface area (Å²) < 4.78 is 0. The molecule has 1 aromatic rings.